The van der Waals surface area contributed by atoms with Gasteiger partial charge in [-0.3, -0.25) is 14.5 Å². The number of amides is 4. The van der Waals surface area contributed by atoms with Crippen molar-refractivity contribution in [2.24, 2.45) is 0 Å². The smallest absolute Gasteiger partial charge is 0.325 e. The lowest BCUT2D eigenvalue weighted by molar-refractivity contribution is -0.134. The first kappa shape index (κ1) is 19.3. The van der Waals surface area contributed by atoms with Gasteiger partial charge in [0.25, 0.3) is 5.91 Å². The molecule has 0 saturated carbocycles. The molecule has 1 atom stereocenters. The fourth-order valence-electron chi connectivity index (χ4n) is 4.14. The van der Waals surface area contributed by atoms with Gasteiger partial charge in [0.15, 0.2) is 0 Å². The van der Waals surface area contributed by atoms with Crippen molar-refractivity contribution in [3.63, 3.8) is 0 Å². The number of benzene rings is 2. The molecule has 7 nitrogen and oxygen atoms in total. The molecule has 4 amide bonds. The minimum absolute atomic E-state index is 0.367. The number of hydrogen-bond donors (Lipinski definition) is 2. The van der Waals surface area contributed by atoms with Crippen molar-refractivity contribution in [1.82, 2.24) is 10.2 Å². The molecule has 0 bridgehead atoms. The molecule has 2 aromatic rings. The lowest BCUT2D eigenvalue weighted by Crippen LogP contribution is -2.43. The van der Waals surface area contributed by atoms with Crippen LogP contribution in [0.5, 0.6) is 0 Å². The normalized spacial score (nSPS) is 20.0. The molecule has 2 aliphatic rings. The van der Waals surface area contributed by atoms with Crippen molar-refractivity contribution < 1.29 is 14.4 Å². The predicted molar refractivity (Wildman–Crippen MR) is 111 cm³/mol. The number of carbonyl (C=O) groups excluding carboxylic acids is 3. The van der Waals surface area contributed by atoms with Gasteiger partial charge in [-0.25, -0.2) is 4.79 Å². The molecule has 2 N–H and O–H groups in total. The van der Waals surface area contributed by atoms with Crippen LogP contribution in [0, 0.1) is 0 Å². The molecule has 0 aromatic heterocycles. The van der Waals surface area contributed by atoms with Gasteiger partial charge >= 0.3 is 6.03 Å². The summed E-state index contributed by atoms with van der Waals surface area (Å²) in [5, 5.41) is 6.07. The molecular weight excluding hydrogens is 392 g/mol. The predicted octanol–water partition coefficient (Wildman–Crippen LogP) is 2.74. The fourth-order valence-corrected chi connectivity index (χ4v) is 4.48. The number of para-hydroxylation sites is 1. The van der Waals surface area contributed by atoms with Gasteiger partial charge in [0, 0.05) is 14.1 Å². The van der Waals surface area contributed by atoms with E-state index in [1.807, 2.05) is 38.4 Å². The van der Waals surface area contributed by atoms with Gasteiger partial charge < -0.3 is 15.5 Å². The summed E-state index contributed by atoms with van der Waals surface area (Å²) in [6, 6.07) is 12.2. The maximum absolute atomic E-state index is 13.2. The lowest BCUT2D eigenvalue weighted by atomic mass is 9.92. The molecule has 1 unspecified atom stereocenters. The van der Waals surface area contributed by atoms with Crippen LogP contribution in [0.2, 0.25) is 5.02 Å². The Bertz CT molecular complexity index is 1020. The van der Waals surface area contributed by atoms with Gasteiger partial charge in [0.1, 0.15) is 12.1 Å². The highest BCUT2D eigenvalue weighted by Gasteiger charge is 2.55. The molecule has 8 heteroatoms. The van der Waals surface area contributed by atoms with Crippen molar-refractivity contribution in [2.45, 2.75) is 18.4 Å². The van der Waals surface area contributed by atoms with Gasteiger partial charge in [-0.2, -0.15) is 0 Å². The van der Waals surface area contributed by atoms with Crippen LogP contribution in [0.25, 0.3) is 0 Å². The highest BCUT2D eigenvalue weighted by Crippen LogP contribution is 2.41. The molecule has 2 aromatic carbocycles. The molecule has 150 valence electrons. The summed E-state index contributed by atoms with van der Waals surface area (Å²) in [6.07, 6.45) is 1.20. The number of hydrogen-bond acceptors (Lipinski definition) is 4. The van der Waals surface area contributed by atoms with Crippen LogP contribution in [0.3, 0.4) is 0 Å². The minimum Gasteiger partial charge on any atom is -0.375 e. The number of carbonyl (C=O) groups is 3. The van der Waals surface area contributed by atoms with E-state index in [0.29, 0.717) is 29.2 Å². The zero-order chi connectivity index (χ0) is 20.8. The molecular formula is C21H21ClN4O3. The Morgan fingerprint density at radius 3 is 2.72 bits per heavy atom. The maximum atomic E-state index is 13.2. The molecule has 0 radical (unpaired) electrons. The second-order valence-electron chi connectivity index (χ2n) is 7.46. The molecule has 1 heterocycles. The maximum Gasteiger partial charge on any atom is 0.325 e. The van der Waals surface area contributed by atoms with Gasteiger partial charge in [0.2, 0.25) is 5.91 Å². The summed E-state index contributed by atoms with van der Waals surface area (Å²) in [5.41, 5.74) is 1.95. The second-order valence-corrected chi connectivity index (χ2v) is 7.87. The average molecular weight is 413 g/mol. The van der Waals surface area contributed by atoms with E-state index in [0.717, 1.165) is 16.0 Å². The average Bonchev–Trinajstić information content (AvgIpc) is 3.15. The first-order valence-corrected chi connectivity index (χ1v) is 9.69. The summed E-state index contributed by atoms with van der Waals surface area (Å²) in [4.78, 5) is 41.1. The Morgan fingerprint density at radius 1 is 1.21 bits per heavy atom. The van der Waals surface area contributed by atoms with Crippen LogP contribution >= 0.6 is 11.6 Å². The molecule has 1 spiro atoms. The third-order valence-electron chi connectivity index (χ3n) is 5.43. The largest absolute Gasteiger partial charge is 0.375 e. The molecule has 29 heavy (non-hydrogen) atoms. The fraction of sp³-hybridized carbons (Fsp3) is 0.286. The zero-order valence-electron chi connectivity index (χ0n) is 16.2. The van der Waals surface area contributed by atoms with Crippen LogP contribution in [0.1, 0.15) is 17.5 Å². The minimum atomic E-state index is -1.07. The van der Waals surface area contributed by atoms with E-state index in [9.17, 15) is 14.4 Å². The van der Waals surface area contributed by atoms with Crippen molar-refractivity contribution in [3.8, 4) is 0 Å². The Balaban J connectivity index is 1.54. The summed E-state index contributed by atoms with van der Waals surface area (Å²) in [5.74, 6) is -0.858. The van der Waals surface area contributed by atoms with Crippen LogP contribution in [0.4, 0.5) is 16.2 Å². The van der Waals surface area contributed by atoms with Crippen LogP contribution < -0.4 is 15.5 Å². The number of nitrogens with one attached hydrogen (secondary N) is 2. The SMILES string of the molecule is CN(C)c1c(Cl)cccc1NC(=O)CN1C(=O)NC2(CCc3ccccc32)C1=O. The summed E-state index contributed by atoms with van der Waals surface area (Å²) in [6.45, 7) is -0.367. The number of anilines is 2. The topological polar surface area (TPSA) is 81.8 Å². The summed E-state index contributed by atoms with van der Waals surface area (Å²) < 4.78 is 0. The Labute approximate surface area is 173 Å². The Kier molecular flexibility index (Phi) is 4.70. The third kappa shape index (κ3) is 3.11. The first-order chi connectivity index (χ1) is 13.8. The van der Waals surface area contributed by atoms with Crippen LogP contribution in [0.15, 0.2) is 42.5 Å². The monoisotopic (exact) mass is 412 g/mol. The number of nitrogens with zero attached hydrogens (tertiary/aromatic N) is 2. The zero-order valence-corrected chi connectivity index (χ0v) is 16.9. The number of fused-ring (bicyclic) bond motifs is 2. The van der Waals surface area contributed by atoms with E-state index in [1.54, 1.807) is 23.1 Å². The number of urea groups is 1. The molecule has 1 fully saturated rings. The highest BCUT2D eigenvalue weighted by molar-refractivity contribution is 6.34. The molecule has 4 rings (SSSR count). The Hall–Kier alpha value is -3.06. The number of imide groups is 1. The number of rotatable bonds is 4. The standard InChI is InChI=1S/C21H21ClN4O3/c1-25(2)18-15(22)8-5-9-16(18)23-17(27)12-26-19(28)21(24-20(26)29)11-10-13-6-3-4-7-14(13)21/h3-9H,10-12H2,1-2H3,(H,23,27)(H,24,29). The van der Waals surface area contributed by atoms with Crippen molar-refractivity contribution in [3.05, 3.63) is 58.6 Å². The van der Waals surface area contributed by atoms with E-state index >= 15 is 0 Å². The van der Waals surface area contributed by atoms with Crippen molar-refractivity contribution in [2.75, 3.05) is 30.9 Å². The van der Waals surface area contributed by atoms with Crippen molar-refractivity contribution >= 4 is 40.8 Å². The van der Waals surface area contributed by atoms with E-state index < -0.39 is 17.5 Å². The van der Waals surface area contributed by atoms with Crippen molar-refractivity contribution in [1.29, 1.82) is 0 Å². The quantitative estimate of drug-likeness (QED) is 0.756. The molecule has 1 saturated heterocycles. The van der Waals surface area contributed by atoms with Gasteiger partial charge in [0.05, 0.1) is 16.4 Å². The Morgan fingerprint density at radius 2 is 1.97 bits per heavy atom. The highest BCUT2D eigenvalue weighted by atomic mass is 35.5. The number of halogens is 1. The third-order valence-corrected chi connectivity index (χ3v) is 5.74. The van der Waals surface area contributed by atoms with Gasteiger partial charge in [-0.15, -0.1) is 0 Å². The second kappa shape index (κ2) is 7.08. The van der Waals surface area contributed by atoms with E-state index in [-0.39, 0.29) is 12.5 Å². The summed E-state index contributed by atoms with van der Waals surface area (Å²) >= 11 is 6.23. The van der Waals surface area contributed by atoms with E-state index in [4.69, 9.17) is 11.6 Å². The number of aryl methyl sites for hydroxylation is 1. The first-order valence-electron chi connectivity index (χ1n) is 9.31. The van der Waals surface area contributed by atoms with Crippen LogP contribution in [-0.4, -0.2) is 43.4 Å². The van der Waals surface area contributed by atoms with Crippen LogP contribution in [-0.2, 0) is 21.5 Å². The summed E-state index contributed by atoms with van der Waals surface area (Å²) in [7, 11) is 3.63. The van der Waals surface area contributed by atoms with Gasteiger partial charge in [-0.05, 0) is 36.1 Å². The molecule has 1 aliphatic carbocycles. The molecule has 1 aliphatic heterocycles. The lowest BCUT2D eigenvalue weighted by Gasteiger charge is -2.22. The van der Waals surface area contributed by atoms with Gasteiger partial charge in [-0.1, -0.05) is 41.9 Å². The van der Waals surface area contributed by atoms with E-state index in [2.05, 4.69) is 10.6 Å². The van der Waals surface area contributed by atoms with E-state index in [1.165, 1.54) is 0 Å².